The first kappa shape index (κ1) is 28.8. The molecule has 7 nitrogen and oxygen atoms in total. The van der Waals surface area contributed by atoms with Crippen LogP contribution in [0.3, 0.4) is 0 Å². The number of pyridine rings is 1. The number of halogens is 6. The Morgan fingerprint density at radius 2 is 1.64 bits per heavy atom. The van der Waals surface area contributed by atoms with Gasteiger partial charge >= 0.3 is 12.4 Å². The Labute approximate surface area is 222 Å². The van der Waals surface area contributed by atoms with Crippen molar-refractivity contribution in [3.63, 3.8) is 0 Å². The number of rotatable bonds is 7. The van der Waals surface area contributed by atoms with Gasteiger partial charge in [0.15, 0.2) is 0 Å². The maximum Gasteiger partial charge on any atom is 0.418 e. The number of hydrogen-bond donors (Lipinski definition) is 2. The van der Waals surface area contributed by atoms with Crippen LogP contribution in [-0.4, -0.2) is 72.5 Å². The van der Waals surface area contributed by atoms with Gasteiger partial charge in [-0.3, -0.25) is 9.69 Å². The first-order valence-electron chi connectivity index (χ1n) is 12.9. The third-order valence-electron chi connectivity index (χ3n) is 7.21. The highest BCUT2D eigenvalue weighted by molar-refractivity contribution is 5.76. The summed E-state index contributed by atoms with van der Waals surface area (Å²) >= 11 is 0. The molecule has 1 aromatic heterocycles. The maximum absolute atomic E-state index is 13.1. The van der Waals surface area contributed by atoms with E-state index in [1.165, 1.54) is 18.2 Å². The molecule has 0 atom stereocenters. The number of piperazine rings is 1. The molecule has 1 amide bonds. The molecule has 2 aromatic rings. The SMILES string of the molecule is Nc1ccc(NC2CCN(C(=O)CCCN3CCN(c4ccc(C(F)(F)F)cn4)CC3)CC2)cc1C(F)(F)F. The quantitative estimate of drug-likeness (QED) is 0.379. The van der Waals surface area contributed by atoms with Gasteiger partial charge < -0.3 is 20.9 Å². The van der Waals surface area contributed by atoms with Gasteiger partial charge in [-0.2, -0.15) is 26.3 Å². The Kier molecular flexibility index (Phi) is 8.77. The lowest BCUT2D eigenvalue weighted by Crippen LogP contribution is -2.47. The van der Waals surface area contributed by atoms with Crippen molar-refractivity contribution in [1.29, 1.82) is 0 Å². The first-order chi connectivity index (χ1) is 18.4. The van der Waals surface area contributed by atoms with Crippen molar-refractivity contribution in [2.24, 2.45) is 0 Å². The minimum atomic E-state index is -4.52. The Morgan fingerprint density at radius 1 is 0.949 bits per heavy atom. The molecular formula is C26H32F6N6O. The van der Waals surface area contributed by atoms with Crippen molar-refractivity contribution in [2.75, 3.05) is 61.8 Å². The van der Waals surface area contributed by atoms with E-state index in [9.17, 15) is 31.1 Å². The molecule has 2 fully saturated rings. The number of aromatic nitrogens is 1. The first-order valence-corrected chi connectivity index (χ1v) is 12.9. The standard InChI is InChI=1S/C26H32F6N6O/c27-25(28,29)18-3-6-23(34-17-18)37-14-12-36(13-15-37)9-1-2-24(39)38-10-7-19(8-11-38)35-20-4-5-22(33)21(16-20)26(30,31)32/h3-6,16-17,19,35H,1-2,7-15,33H2. The highest BCUT2D eigenvalue weighted by atomic mass is 19.4. The molecule has 214 valence electrons. The van der Waals surface area contributed by atoms with Crippen LogP contribution in [0.15, 0.2) is 36.5 Å². The smallest absolute Gasteiger partial charge is 0.398 e. The summed E-state index contributed by atoms with van der Waals surface area (Å²) < 4.78 is 77.5. The van der Waals surface area contributed by atoms with E-state index in [1.807, 2.05) is 4.90 Å². The van der Waals surface area contributed by atoms with Crippen LogP contribution in [0, 0.1) is 0 Å². The van der Waals surface area contributed by atoms with E-state index in [0.29, 0.717) is 63.4 Å². The van der Waals surface area contributed by atoms with E-state index in [0.717, 1.165) is 38.0 Å². The molecule has 1 aromatic carbocycles. The van der Waals surface area contributed by atoms with Gasteiger partial charge in [-0.05, 0) is 56.1 Å². The Balaban J connectivity index is 1.14. The monoisotopic (exact) mass is 558 g/mol. The van der Waals surface area contributed by atoms with Crippen molar-refractivity contribution >= 4 is 23.1 Å². The summed E-state index contributed by atoms with van der Waals surface area (Å²) in [6.45, 7) is 4.57. The summed E-state index contributed by atoms with van der Waals surface area (Å²) in [5.74, 6) is 0.584. The van der Waals surface area contributed by atoms with Crippen LogP contribution < -0.4 is 16.0 Å². The third kappa shape index (κ3) is 7.68. The Morgan fingerprint density at radius 3 is 2.23 bits per heavy atom. The van der Waals surface area contributed by atoms with Crippen molar-refractivity contribution in [3.05, 3.63) is 47.7 Å². The van der Waals surface area contributed by atoms with E-state index in [1.54, 1.807) is 4.90 Å². The van der Waals surface area contributed by atoms with Gasteiger partial charge in [0.2, 0.25) is 5.91 Å². The highest BCUT2D eigenvalue weighted by Crippen LogP contribution is 2.35. The van der Waals surface area contributed by atoms with Crippen LogP contribution in [0.5, 0.6) is 0 Å². The molecule has 0 aliphatic carbocycles. The number of hydrogen-bond acceptors (Lipinski definition) is 6. The zero-order valence-corrected chi connectivity index (χ0v) is 21.4. The lowest BCUT2D eigenvalue weighted by Gasteiger charge is -2.36. The summed E-state index contributed by atoms with van der Waals surface area (Å²) in [6, 6.07) is 6.20. The number of carbonyl (C=O) groups excluding carboxylic acids is 1. The molecule has 2 saturated heterocycles. The second-order valence-electron chi connectivity index (χ2n) is 9.93. The van der Waals surface area contributed by atoms with Gasteiger partial charge in [0.25, 0.3) is 0 Å². The second-order valence-corrected chi connectivity index (χ2v) is 9.93. The molecule has 13 heteroatoms. The zero-order chi connectivity index (χ0) is 28.2. The second kappa shape index (κ2) is 11.9. The summed E-state index contributed by atoms with van der Waals surface area (Å²) in [5, 5.41) is 3.13. The molecular weight excluding hydrogens is 526 g/mol. The van der Waals surface area contributed by atoms with E-state index in [2.05, 4.69) is 15.2 Å². The fourth-order valence-corrected chi connectivity index (χ4v) is 4.95. The van der Waals surface area contributed by atoms with Gasteiger partial charge in [-0.1, -0.05) is 0 Å². The number of benzene rings is 1. The van der Waals surface area contributed by atoms with Gasteiger partial charge in [0.05, 0.1) is 11.1 Å². The molecule has 39 heavy (non-hydrogen) atoms. The number of nitrogens with two attached hydrogens (primary N) is 1. The number of likely N-dealkylation sites (tertiary alicyclic amines) is 1. The third-order valence-corrected chi connectivity index (χ3v) is 7.21. The summed E-state index contributed by atoms with van der Waals surface area (Å²) in [7, 11) is 0. The Hall–Kier alpha value is -3.22. The minimum absolute atomic E-state index is 0.0331. The predicted octanol–water partition coefficient (Wildman–Crippen LogP) is 4.71. The number of alkyl halides is 6. The number of piperidine rings is 1. The van der Waals surface area contributed by atoms with Crippen LogP contribution >= 0.6 is 0 Å². The van der Waals surface area contributed by atoms with E-state index in [4.69, 9.17) is 5.73 Å². The molecule has 2 aliphatic rings. The van der Waals surface area contributed by atoms with Gasteiger partial charge in [-0.15, -0.1) is 0 Å². The minimum Gasteiger partial charge on any atom is -0.398 e. The molecule has 0 bridgehead atoms. The van der Waals surface area contributed by atoms with Crippen LogP contribution in [-0.2, 0) is 17.1 Å². The number of nitrogens with one attached hydrogen (secondary N) is 1. The Bertz CT molecular complexity index is 1110. The number of anilines is 3. The normalized spacial score (nSPS) is 17.9. The number of nitrogen functional groups attached to an aromatic ring is 1. The summed E-state index contributed by atoms with van der Waals surface area (Å²) in [6.07, 6.45) is -5.69. The van der Waals surface area contributed by atoms with Crippen molar-refractivity contribution in [2.45, 2.75) is 44.1 Å². The summed E-state index contributed by atoms with van der Waals surface area (Å²) in [5.41, 5.74) is 3.88. The van der Waals surface area contributed by atoms with Crippen molar-refractivity contribution in [1.82, 2.24) is 14.8 Å². The molecule has 0 spiro atoms. The van der Waals surface area contributed by atoms with E-state index < -0.39 is 23.5 Å². The lowest BCUT2D eigenvalue weighted by molar-refractivity contribution is -0.138. The zero-order valence-electron chi connectivity index (χ0n) is 21.4. The van der Waals surface area contributed by atoms with Gasteiger partial charge in [0.1, 0.15) is 5.82 Å². The summed E-state index contributed by atoms with van der Waals surface area (Å²) in [4.78, 5) is 22.6. The number of nitrogens with zero attached hydrogens (tertiary/aromatic N) is 4. The van der Waals surface area contributed by atoms with Crippen LogP contribution in [0.4, 0.5) is 43.5 Å². The van der Waals surface area contributed by atoms with Crippen LogP contribution in [0.1, 0.15) is 36.8 Å². The molecule has 3 heterocycles. The average Bonchev–Trinajstić information content (AvgIpc) is 2.89. The fraction of sp³-hybridized carbons (Fsp3) is 0.538. The van der Waals surface area contributed by atoms with Crippen molar-refractivity contribution in [3.8, 4) is 0 Å². The molecule has 4 rings (SSSR count). The molecule has 0 radical (unpaired) electrons. The fourth-order valence-electron chi connectivity index (χ4n) is 4.95. The topological polar surface area (TPSA) is 77.7 Å². The van der Waals surface area contributed by atoms with Gasteiger partial charge in [0, 0.05) is 69.3 Å². The lowest BCUT2D eigenvalue weighted by atomic mass is 10.0. The predicted molar refractivity (Wildman–Crippen MR) is 136 cm³/mol. The molecule has 0 saturated carbocycles. The van der Waals surface area contributed by atoms with Gasteiger partial charge in [-0.25, -0.2) is 4.98 Å². The van der Waals surface area contributed by atoms with Crippen molar-refractivity contribution < 1.29 is 31.1 Å². The largest absolute Gasteiger partial charge is 0.418 e. The molecule has 2 aliphatic heterocycles. The molecule has 3 N–H and O–H groups in total. The average molecular weight is 559 g/mol. The molecule has 0 unspecified atom stereocenters. The highest BCUT2D eigenvalue weighted by Gasteiger charge is 2.34. The van der Waals surface area contributed by atoms with Crippen LogP contribution in [0.2, 0.25) is 0 Å². The van der Waals surface area contributed by atoms with E-state index >= 15 is 0 Å². The number of carbonyl (C=O) groups is 1. The van der Waals surface area contributed by atoms with Crippen LogP contribution in [0.25, 0.3) is 0 Å². The van der Waals surface area contributed by atoms with E-state index in [-0.39, 0.29) is 17.6 Å². The maximum atomic E-state index is 13.1. The number of amides is 1.